The predicted molar refractivity (Wildman–Crippen MR) is 190 cm³/mol. The van der Waals surface area contributed by atoms with Gasteiger partial charge < -0.3 is 29.9 Å². The smallest absolute Gasteiger partial charge is 0.338 e. The van der Waals surface area contributed by atoms with Crippen LogP contribution in [0.25, 0.3) is 65.2 Å². The van der Waals surface area contributed by atoms with Crippen LogP contribution in [0.4, 0.5) is 26.3 Å². The van der Waals surface area contributed by atoms with Gasteiger partial charge in [-0.15, -0.1) is 0 Å². The number of nitrogens with zero attached hydrogens (tertiary/aromatic N) is 6. The Morgan fingerprint density at radius 1 is 0.472 bits per heavy atom. The van der Waals surface area contributed by atoms with Crippen LogP contribution in [0.1, 0.15) is 64.3 Å². The largest absolute Gasteiger partial charge is 2.00 e. The molecule has 0 bridgehead atoms. The van der Waals surface area contributed by atoms with E-state index in [1.807, 2.05) is 53.7 Å². The molecule has 4 aromatic heterocycles. The molecule has 13 heteroatoms. The summed E-state index contributed by atoms with van der Waals surface area (Å²) >= 11 is 0. The molecular weight excluding hydrogens is 874 g/mol. The van der Waals surface area contributed by atoms with E-state index < -0.39 is 23.5 Å². The van der Waals surface area contributed by atoms with Crippen LogP contribution in [0.15, 0.2) is 73.1 Å². The minimum Gasteiger partial charge on any atom is -0.338 e. The number of fused-ring (bicyclic) bond motifs is 12. The maximum absolute atomic E-state index is 13.2. The zero-order valence-electron chi connectivity index (χ0n) is 29.2. The first-order valence-corrected chi connectivity index (χ1v) is 16.3. The Morgan fingerprint density at radius 3 is 1.19 bits per heavy atom. The van der Waals surface area contributed by atoms with E-state index in [1.165, 1.54) is 12.1 Å². The fourth-order valence-corrected chi connectivity index (χ4v) is 6.03. The van der Waals surface area contributed by atoms with Crippen LogP contribution < -0.4 is 0 Å². The van der Waals surface area contributed by atoms with Gasteiger partial charge in [0.25, 0.3) is 0 Å². The molecule has 8 aromatic rings. The monoisotopic (exact) mass is 903 g/mol. The number of hydrogen-bond donors (Lipinski definition) is 0. The van der Waals surface area contributed by atoms with Crippen LogP contribution in [0.2, 0.25) is 0 Å². The summed E-state index contributed by atoms with van der Waals surface area (Å²) in [6, 6.07) is 14.7. The normalized spacial score (nSPS) is 12.8. The third-order valence-electron chi connectivity index (χ3n) is 8.67. The summed E-state index contributed by atoms with van der Waals surface area (Å²) in [4.78, 5) is 26.6. The zero-order valence-corrected chi connectivity index (χ0v) is 31.5. The number of aromatic nitrogens is 6. The topological polar surface area (TPSA) is 77.3 Å². The molecule has 4 aromatic carbocycles. The fourth-order valence-electron chi connectivity index (χ4n) is 6.03. The van der Waals surface area contributed by atoms with Crippen molar-refractivity contribution in [3.05, 3.63) is 108 Å². The van der Waals surface area contributed by atoms with Gasteiger partial charge in [-0.2, -0.15) is 26.3 Å². The van der Waals surface area contributed by atoms with E-state index in [1.54, 1.807) is 24.5 Å². The van der Waals surface area contributed by atoms with Gasteiger partial charge in [0.05, 0.1) is 11.1 Å². The predicted octanol–water partition coefficient (Wildman–Crippen LogP) is 10.9. The van der Waals surface area contributed by atoms with Gasteiger partial charge >= 0.3 is 33.4 Å². The third kappa shape index (κ3) is 7.01. The summed E-state index contributed by atoms with van der Waals surface area (Å²) in [7, 11) is 0. The minimum atomic E-state index is -4.42. The van der Waals surface area contributed by atoms with E-state index in [0.717, 1.165) is 35.0 Å². The molecule has 0 saturated heterocycles. The molecule has 0 N–H and O–H groups in total. The van der Waals surface area contributed by atoms with Crippen LogP contribution in [0.5, 0.6) is 0 Å². The Kier molecular flexibility index (Phi) is 9.46. The number of hydrogen-bond acceptors (Lipinski definition) is 6. The maximum atomic E-state index is 13.2. The standard InChI is InChI=1S/2C20H15F3N3.Pt/c2*1-19(2,3)18-25-10-15-16-13(5-4-8-24-16)12-7-6-11(20(21,22)23)9-14(12)17(15)26-18;/h2*4-9H,1-3H3;/q2*-1;+2. The molecule has 0 radical (unpaired) electrons. The molecule has 53 heavy (non-hydrogen) atoms. The Balaban J connectivity index is 0.000000178. The van der Waals surface area contributed by atoms with Crippen LogP contribution in [0, 0.1) is 12.4 Å². The minimum absolute atomic E-state index is 0. The summed E-state index contributed by atoms with van der Waals surface area (Å²) in [5.74, 6) is 1.05. The van der Waals surface area contributed by atoms with Crippen molar-refractivity contribution < 1.29 is 47.4 Å². The van der Waals surface area contributed by atoms with E-state index in [2.05, 4.69) is 42.3 Å². The molecule has 0 spiro atoms. The van der Waals surface area contributed by atoms with Crippen molar-refractivity contribution in [3.63, 3.8) is 0 Å². The number of halogens is 6. The fraction of sp³-hybridized carbons (Fsp3) is 0.250. The van der Waals surface area contributed by atoms with Gasteiger partial charge in [0.15, 0.2) is 0 Å². The Labute approximate surface area is 314 Å². The second-order valence-electron chi connectivity index (χ2n) is 14.6. The molecule has 272 valence electrons. The molecule has 4 heterocycles. The molecule has 0 saturated carbocycles. The van der Waals surface area contributed by atoms with Crippen molar-refractivity contribution in [2.45, 2.75) is 64.7 Å². The van der Waals surface area contributed by atoms with Gasteiger partial charge in [-0.1, -0.05) is 76.6 Å². The van der Waals surface area contributed by atoms with Gasteiger partial charge in [0, 0.05) is 24.0 Å². The molecule has 0 unspecified atom stereocenters. The van der Waals surface area contributed by atoms with Crippen LogP contribution in [-0.4, -0.2) is 29.9 Å². The second kappa shape index (κ2) is 13.2. The van der Waals surface area contributed by atoms with Crippen molar-refractivity contribution in [1.29, 1.82) is 0 Å². The average molecular weight is 904 g/mol. The molecular formula is C40H30F6N6Pt. The van der Waals surface area contributed by atoms with Gasteiger partial charge in [-0.25, -0.2) is 0 Å². The van der Waals surface area contributed by atoms with Crippen LogP contribution in [0.3, 0.4) is 0 Å². The molecule has 6 nitrogen and oxygen atoms in total. The first-order valence-electron chi connectivity index (χ1n) is 16.3. The maximum Gasteiger partial charge on any atom is 2.00 e. The third-order valence-corrected chi connectivity index (χ3v) is 8.67. The first-order chi connectivity index (χ1) is 24.3. The number of benzene rings is 4. The number of pyridine rings is 2. The van der Waals surface area contributed by atoms with Crippen molar-refractivity contribution in [2.24, 2.45) is 0 Å². The summed E-state index contributed by atoms with van der Waals surface area (Å²) in [6.07, 6.45) is 0.365. The molecule has 0 aliphatic rings. The molecule has 0 aliphatic heterocycles. The number of alkyl halides is 6. The Hall–Kier alpha value is -4.83. The van der Waals surface area contributed by atoms with E-state index in [9.17, 15) is 26.3 Å². The van der Waals surface area contributed by atoms with Crippen molar-refractivity contribution in [3.8, 4) is 0 Å². The quantitative estimate of drug-likeness (QED) is 0.0857. The SMILES string of the molecule is CC(C)(C)c1n[c-]c2c3ncccc3c3ccc(C(F)(F)F)cc3c2n1.CC(C)(C)c1n[c-]c2c3ncccc3c3ccc(C(F)(F)F)cc3c2n1.[Pt+2]. The van der Waals surface area contributed by atoms with Crippen molar-refractivity contribution >= 4 is 65.2 Å². The van der Waals surface area contributed by atoms with E-state index in [0.29, 0.717) is 66.0 Å². The summed E-state index contributed by atoms with van der Waals surface area (Å²) in [6.45, 7) is 11.7. The zero-order chi connectivity index (χ0) is 37.4. The molecule has 0 amide bonds. The van der Waals surface area contributed by atoms with Crippen molar-refractivity contribution in [1.82, 2.24) is 29.9 Å². The van der Waals surface area contributed by atoms with Gasteiger partial charge in [-0.3, -0.25) is 0 Å². The first kappa shape index (κ1) is 37.9. The van der Waals surface area contributed by atoms with E-state index in [4.69, 9.17) is 0 Å². The molecule has 0 aliphatic carbocycles. The number of rotatable bonds is 0. The van der Waals surface area contributed by atoms with Gasteiger partial charge in [-0.05, 0) is 114 Å². The summed E-state index contributed by atoms with van der Waals surface area (Å²) < 4.78 is 79.5. The summed E-state index contributed by atoms with van der Waals surface area (Å²) in [5, 5.41) is 4.79. The second-order valence-corrected chi connectivity index (χ2v) is 14.6. The molecule has 0 atom stereocenters. The molecule has 8 rings (SSSR count). The van der Waals surface area contributed by atoms with Gasteiger partial charge in [0.1, 0.15) is 0 Å². The van der Waals surface area contributed by atoms with Crippen molar-refractivity contribution in [2.75, 3.05) is 0 Å². The average Bonchev–Trinajstić information content (AvgIpc) is 3.09. The molecule has 0 fully saturated rings. The Bertz CT molecular complexity index is 2330. The van der Waals surface area contributed by atoms with Gasteiger partial charge in [0.2, 0.25) is 0 Å². The van der Waals surface area contributed by atoms with Crippen LogP contribution >= 0.6 is 0 Å². The van der Waals surface area contributed by atoms with E-state index in [-0.39, 0.29) is 31.9 Å². The van der Waals surface area contributed by atoms with Crippen LogP contribution in [-0.2, 0) is 44.2 Å². The van der Waals surface area contributed by atoms with E-state index >= 15 is 0 Å². The summed E-state index contributed by atoms with van der Waals surface area (Å²) in [5.41, 5.74) is 0.0472. The Morgan fingerprint density at radius 2 is 0.849 bits per heavy atom.